The zero-order valence-corrected chi connectivity index (χ0v) is 27.0. The monoisotopic (exact) mass is 562 g/mol. The van der Waals surface area contributed by atoms with E-state index in [1.807, 2.05) is 12.1 Å². The van der Waals surface area contributed by atoms with Gasteiger partial charge in [-0.1, -0.05) is 150 Å². The Labute approximate surface area is 246 Å². The minimum absolute atomic E-state index is 0.0325. The van der Waals surface area contributed by atoms with Crippen LogP contribution in [0.15, 0.2) is 12.1 Å². The molecule has 0 heterocycles. The summed E-state index contributed by atoms with van der Waals surface area (Å²) in [7, 11) is 0. The van der Waals surface area contributed by atoms with Gasteiger partial charge < -0.3 is 15.3 Å². The van der Waals surface area contributed by atoms with Gasteiger partial charge in [-0.2, -0.15) is 0 Å². The molecule has 3 N–H and O–H groups in total. The number of aliphatic carboxylic acids is 2. The molecule has 0 spiro atoms. The van der Waals surface area contributed by atoms with Crippen LogP contribution in [0, 0.1) is 0 Å². The summed E-state index contributed by atoms with van der Waals surface area (Å²) in [6.07, 6.45) is 20.6. The second-order valence-electron chi connectivity index (χ2n) is 13.5. The Morgan fingerprint density at radius 2 is 1.00 bits per heavy atom. The fraction of sp³-hybridized carbons (Fsp3) is 0.771. The molecule has 0 aliphatic carbocycles. The third kappa shape index (κ3) is 19.1. The standard InChI is InChI=1S/C18H36O2.C17H26O3/c1-2-3-4-5-6-7-8-9-10-11-12-13-14-15-16-17-18(19)20;1-16(2,3)12-9-11(7-8-14(18)19)15(20)13(10-12)17(4,5)6/h2-17H2,1H3,(H,19,20);9-10,20H,7-8H2,1-6H3,(H,18,19). The van der Waals surface area contributed by atoms with Crippen molar-refractivity contribution in [2.45, 2.75) is 175 Å². The minimum Gasteiger partial charge on any atom is -0.507 e. The number of carbonyl (C=O) groups is 2. The molecule has 5 nitrogen and oxygen atoms in total. The highest BCUT2D eigenvalue weighted by molar-refractivity contribution is 5.67. The number of hydrogen-bond donors (Lipinski definition) is 3. The lowest BCUT2D eigenvalue weighted by molar-refractivity contribution is -0.138. The number of hydrogen-bond acceptors (Lipinski definition) is 3. The number of aryl methyl sites for hydroxylation is 1. The van der Waals surface area contributed by atoms with Gasteiger partial charge in [0, 0.05) is 12.8 Å². The van der Waals surface area contributed by atoms with Gasteiger partial charge in [0.25, 0.3) is 0 Å². The van der Waals surface area contributed by atoms with Crippen molar-refractivity contribution in [1.82, 2.24) is 0 Å². The van der Waals surface area contributed by atoms with Gasteiger partial charge in [0.1, 0.15) is 5.75 Å². The van der Waals surface area contributed by atoms with E-state index in [-0.39, 0.29) is 23.0 Å². The van der Waals surface area contributed by atoms with Crippen molar-refractivity contribution in [2.24, 2.45) is 0 Å². The Kier molecular flexibility index (Phi) is 19.7. The summed E-state index contributed by atoms with van der Waals surface area (Å²) in [5.74, 6) is -1.26. The van der Waals surface area contributed by atoms with Crippen molar-refractivity contribution in [3.05, 3.63) is 28.8 Å². The van der Waals surface area contributed by atoms with Crippen LogP contribution in [-0.4, -0.2) is 27.3 Å². The number of phenols is 1. The molecule has 1 rings (SSSR count). The van der Waals surface area contributed by atoms with Crippen molar-refractivity contribution >= 4 is 11.9 Å². The normalized spacial score (nSPS) is 11.7. The molecule has 1 aromatic carbocycles. The summed E-state index contributed by atoms with van der Waals surface area (Å²) in [6, 6.07) is 3.98. The highest BCUT2D eigenvalue weighted by atomic mass is 16.4. The molecule has 0 aliphatic rings. The van der Waals surface area contributed by atoms with Crippen LogP contribution in [0.4, 0.5) is 0 Å². The van der Waals surface area contributed by atoms with E-state index in [1.165, 1.54) is 83.5 Å². The molecular weight excluding hydrogens is 500 g/mol. The SMILES string of the molecule is CC(C)(C)c1cc(CCC(=O)O)c(O)c(C(C)(C)C)c1.CCCCCCCCCCCCCCCCCC(=O)O. The van der Waals surface area contributed by atoms with Crippen LogP contribution >= 0.6 is 0 Å². The molecule has 0 aromatic heterocycles. The Morgan fingerprint density at radius 3 is 1.35 bits per heavy atom. The highest BCUT2D eigenvalue weighted by Gasteiger charge is 2.25. The Balaban J connectivity index is 0.000000760. The van der Waals surface area contributed by atoms with Crippen LogP contribution in [0.1, 0.15) is 174 Å². The van der Waals surface area contributed by atoms with Crippen LogP contribution in [0.5, 0.6) is 5.75 Å². The quantitative estimate of drug-likeness (QED) is 0.146. The van der Waals surface area contributed by atoms with Gasteiger partial charge >= 0.3 is 11.9 Å². The van der Waals surface area contributed by atoms with Crippen LogP contribution < -0.4 is 0 Å². The lowest BCUT2D eigenvalue weighted by Crippen LogP contribution is -2.17. The zero-order chi connectivity index (χ0) is 30.6. The summed E-state index contributed by atoms with van der Waals surface area (Å²) < 4.78 is 0. The van der Waals surface area contributed by atoms with Crippen LogP contribution in [0.3, 0.4) is 0 Å². The van der Waals surface area contributed by atoms with Gasteiger partial charge in [0.2, 0.25) is 0 Å². The van der Waals surface area contributed by atoms with Crippen LogP contribution in [0.25, 0.3) is 0 Å². The Morgan fingerprint density at radius 1 is 0.600 bits per heavy atom. The first-order chi connectivity index (χ1) is 18.7. The van der Waals surface area contributed by atoms with Crippen LogP contribution in [0.2, 0.25) is 0 Å². The van der Waals surface area contributed by atoms with E-state index in [0.717, 1.165) is 29.5 Å². The van der Waals surface area contributed by atoms with E-state index >= 15 is 0 Å². The molecule has 5 heteroatoms. The summed E-state index contributed by atoms with van der Waals surface area (Å²) in [6.45, 7) is 14.8. The molecule has 0 atom stereocenters. The van der Waals surface area contributed by atoms with Crippen LogP contribution in [-0.2, 0) is 26.8 Å². The number of phenolic OH excluding ortho intramolecular Hbond substituents is 1. The topological polar surface area (TPSA) is 94.8 Å². The molecule has 0 fully saturated rings. The number of unbranched alkanes of at least 4 members (excludes halogenated alkanes) is 14. The van der Waals surface area contributed by atoms with E-state index in [0.29, 0.717) is 12.8 Å². The first kappa shape index (κ1) is 38.0. The largest absolute Gasteiger partial charge is 0.507 e. The Hall–Kier alpha value is -2.04. The van der Waals surface area contributed by atoms with E-state index in [2.05, 4.69) is 48.5 Å². The summed E-state index contributed by atoms with van der Waals surface area (Å²) in [5.41, 5.74) is 2.52. The fourth-order valence-electron chi connectivity index (χ4n) is 4.78. The van der Waals surface area contributed by atoms with E-state index in [9.17, 15) is 14.7 Å². The van der Waals surface area contributed by atoms with E-state index < -0.39 is 11.9 Å². The van der Waals surface area contributed by atoms with Crippen molar-refractivity contribution in [2.75, 3.05) is 0 Å². The molecule has 232 valence electrons. The maximum absolute atomic E-state index is 10.8. The van der Waals surface area contributed by atoms with Gasteiger partial charge in [-0.15, -0.1) is 0 Å². The fourth-order valence-corrected chi connectivity index (χ4v) is 4.78. The molecule has 0 unspecified atom stereocenters. The first-order valence-corrected chi connectivity index (χ1v) is 16.0. The molecule has 40 heavy (non-hydrogen) atoms. The number of carboxylic acid groups (broad SMARTS) is 2. The highest BCUT2D eigenvalue weighted by Crippen LogP contribution is 2.38. The molecule has 0 bridgehead atoms. The molecule has 0 saturated heterocycles. The van der Waals surface area contributed by atoms with Crippen molar-refractivity contribution < 1.29 is 24.9 Å². The minimum atomic E-state index is -0.845. The summed E-state index contributed by atoms with van der Waals surface area (Å²) >= 11 is 0. The van der Waals surface area contributed by atoms with Gasteiger partial charge in [0.15, 0.2) is 0 Å². The molecule has 0 aliphatic heterocycles. The van der Waals surface area contributed by atoms with Gasteiger partial charge in [-0.25, -0.2) is 0 Å². The van der Waals surface area contributed by atoms with Gasteiger partial charge in [0.05, 0.1) is 0 Å². The second kappa shape index (κ2) is 20.8. The second-order valence-corrected chi connectivity index (χ2v) is 13.5. The van der Waals surface area contributed by atoms with Crippen molar-refractivity contribution in [3.63, 3.8) is 0 Å². The summed E-state index contributed by atoms with van der Waals surface area (Å²) in [4.78, 5) is 21.1. The lowest BCUT2D eigenvalue weighted by atomic mass is 9.78. The predicted molar refractivity (Wildman–Crippen MR) is 169 cm³/mol. The average molecular weight is 563 g/mol. The Bertz CT molecular complexity index is 829. The average Bonchev–Trinajstić information content (AvgIpc) is 2.84. The molecule has 0 amide bonds. The number of aromatic hydroxyl groups is 1. The van der Waals surface area contributed by atoms with Gasteiger partial charge in [-0.3, -0.25) is 9.59 Å². The number of rotatable bonds is 19. The maximum atomic E-state index is 10.8. The third-order valence-corrected chi connectivity index (χ3v) is 7.47. The first-order valence-electron chi connectivity index (χ1n) is 16.0. The zero-order valence-electron chi connectivity index (χ0n) is 27.0. The van der Waals surface area contributed by atoms with Crippen molar-refractivity contribution in [3.8, 4) is 5.75 Å². The van der Waals surface area contributed by atoms with Gasteiger partial charge in [-0.05, 0) is 40.4 Å². The van der Waals surface area contributed by atoms with E-state index in [1.54, 1.807) is 0 Å². The van der Waals surface area contributed by atoms with E-state index in [4.69, 9.17) is 10.2 Å². The molecular formula is C35H62O5. The number of benzene rings is 1. The predicted octanol–water partition coefficient (Wildman–Crippen LogP) is 10.3. The van der Waals surface area contributed by atoms with Crippen molar-refractivity contribution in [1.29, 1.82) is 0 Å². The molecule has 0 radical (unpaired) electrons. The third-order valence-electron chi connectivity index (χ3n) is 7.47. The molecule has 0 saturated carbocycles. The summed E-state index contributed by atoms with van der Waals surface area (Å²) in [5, 5.41) is 27.8. The maximum Gasteiger partial charge on any atom is 0.303 e. The smallest absolute Gasteiger partial charge is 0.303 e. The molecule has 1 aromatic rings. The lowest BCUT2D eigenvalue weighted by Gasteiger charge is -2.27. The number of carboxylic acids is 2.